The molecule has 0 N–H and O–H groups in total. The number of unbranched alkanes of at least 4 members (excludes halogenated alkanes) is 2. The molecule has 8 heteroatoms. The number of hydrogen-bond acceptors (Lipinski definition) is 6. The van der Waals surface area contributed by atoms with Gasteiger partial charge in [-0.15, -0.1) is 0 Å². The number of nitrogens with zero attached hydrogens (tertiary/aromatic N) is 3. The maximum absolute atomic E-state index is 13.2. The van der Waals surface area contributed by atoms with Crippen molar-refractivity contribution in [3.05, 3.63) is 24.3 Å². The summed E-state index contributed by atoms with van der Waals surface area (Å²) in [5.41, 5.74) is 0.597. The zero-order valence-electron chi connectivity index (χ0n) is 20.2. The van der Waals surface area contributed by atoms with Gasteiger partial charge in [0.15, 0.2) is 5.17 Å². The Balaban J connectivity index is 1.89. The Labute approximate surface area is 196 Å². The zero-order chi connectivity index (χ0) is 23.7. The second-order valence-electron chi connectivity index (χ2n) is 8.97. The number of esters is 1. The van der Waals surface area contributed by atoms with Crippen LogP contribution in [-0.4, -0.2) is 52.7 Å². The number of thioether (sulfide) groups is 1. The molecule has 2 amide bonds. The lowest BCUT2D eigenvalue weighted by Gasteiger charge is -2.38. The molecule has 2 rings (SSSR count). The highest BCUT2D eigenvalue weighted by atomic mass is 32.2. The van der Waals surface area contributed by atoms with E-state index < -0.39 is 0 Å². The highest BCUT2D eigenvalue weighted by molar-refractivity contribution is 8.14. The Bertz CT molecular complexity index is 787. The fourth-order valence-electron chi connectivity index (χ4n) is 3.15. The molecule has 7 nitrogen and oxygen atoms in total. The summed E-state index contributed by atoms with van der Waals surface area (Å²) in [5, 5.41) is 0.775. The minimum Gasteiger partial charge on any atom is -0.494 e. The van der Waals surface area contributed by atoms with Crippen LogP contribution in [0.1, 0.15) is 67.2 Å². The summed E-state index contributed by atoms with van der Waals surface area (Å²) in [5.74, 6) is 1.16. The Hall–Kier alpha value is -2.22. The lowest BCUT2D eigenvalue weighted by atomic mass is 10.1. The van der Waals surface area contributed by atoms with Gasteiger partial charge in [0.25, 0.3) is 0 Å². The van der Waals surface area contributed by atoms with Gasteiger partial charge in [-0.1, -0.05) is 11.8 Å². The summed E-state index contributed by atoms with van der Waals surface area (Å²) in [6.07, 6.45) is 3.06. The third-order valence-corrected chi connectivity index (χ3v) is 5.59. The molecular formula is C24H37N3O4S. The number of amidine groups is 1. The van der Waals surface area contributed by atoms with Gasteiger partial charge < -0.3 is 9.47 Å². The number of carbonyl (C=O) groups is 2. The summed E-state index contributed by atoms with van der Waals surface area (Å²) in [4.78, 5) is 32.8. The van der Waals surface area contributed by atoms with E-state index in [0.717, 1.165) is 35.9 Å². The Morgan fingerprint density at radius 3 is 2.44 bits per heavy atom. The van der Waals surface area contributed by atoms with Crippen LogP contribution in [0.4, 0.5) is 10.5 Å². The minimum atomic E-state index is -0.240. The molecule has 1 aromatic rings. The fourth-order valence-corrected chi connectivity index (χ4v) is 4.42. The normalized spacial score (nSPS) is 16.1. The van der Waals surface area contributed by atoms with Crippen molar-refractivity contribution < 1.29 is 19.1 Å². The van der Waals surface area contributed by atoms with Gasteiger partial charge in [0.2, 0.25) is 0 Å². The second kappa shape index (κ2) is 12.1. The topological polar surface area (TPSA) is 71.4 Å². The first-order chi connectivity index (χ1) is 15.1. The number of urea groups is 1. The summed E-state index contributed by atoms with van der Waals surface area (Å²) in [7, 11) is 0. The molecular weight excluding hydrogens is 426 g/mol. The quantitative estimate of drug-likeness (QED) is 0.329. The van der Waals surface area contributed by atoms with Gasteiger partial charge in [-0.3, -0.25) is 19.6 Å². The molecule has 1 saturated heterocycles. The Kier molecular flexibility index (Phi) is 9.87. The van der Waals surface area contributed by atoms with Crippen LogP contribution in [0, 0.1) is 0 Å². The standard InChI is InChI=1S/C24H37N3O4S/c1-7-30-21(28)11-9-8-10-16-31-20-14-12-19(13-15-20)26-17-32-22(25-24(4,5)6)27(18(2)3)23(26)29/h12-15,18H,7-11,16-17H2,1-6H3. The van der Waals surface area contributed by atoms with Crippen LogP contribution < -0.4 is 9.64 Å². The van der Waals surface area contributed by atoms with E-state index in [9.17, 15) is 9.59 Å². The van der Waals surface area contributed by atoms with Crippen molar-refractivity contribution in [2.45, 2.75) is 78.8 Å². The third kappa shape index (κ3) is 8.04. The third-order valence-electron chi connectivity index (χ3n) is 4.66. The van der Waals surface area contributed by atoms with Crippen LogP contribution in [0.3, 0.4) is 0 Å². The van der Waals surface area contributed by atoms with Crippen LogP contribution >= 0.6 is 11.8 Å². The van der Waals surface area contributed by atoms with E-state index in [2.05, 4.69) is 0 Å². The van der Waals surface area contributed by atoms with Crippen LogP contribution in [0.15, 0.2) is 29.3 Å². The monoisotopic (exact) mass is 463 g/mol. The Morgan fingerprint density at radius 1 is 1.16 bits per heavy atom. The van der Waals surface area contributed by atoms with Crippen molar-refractivity contribution in [2.24, 2.45) is 4.99 Å². The maximum Gasteiger partial charge on any atom is 0.331 e. The zero-order valence-corrected chi connectivity index (χ0v) is 21.0. The fraction of sp³-hybridized carbons (Fsp3) is 0.625. The van der Waals surface area contributed by atoms with E-state index in [1.165, 1.54) is 0 Å². The summed E-state index contributed by atoms with van der Waals surface area (Å²) < 4.78 is 10.7. The highest BCUT2D eigenvalue weighted by Gasteiger charge is 2.34. The molecule has 0 aliphatic carbocycles. The molecule has 1 aliphatic rings. The van der Waals surface area contributed by atoms with Gasteiger partial charge in [0.1, 0.15) is 5.75 Å². The molecule has 32 heavy (non-hydrogen) atoms. The van der Waals surface area contributed by atoms with Crippen LogP contribution in [0.5, 0.6) is 5.75 Å². The average molecular weight is 464 g/mol. The minimum absolute atomic E-state index is 0.0188. The SMILES string of the molecule is CCOC(=O)CCCCCOc1ccc(N2CSC(=NC(C)(C)C)N(C(C)C)C2=O)cc1. The van der Waals surface area contributed by atoms with E-state index in [0.29, 0.717) is 25.5 Å². The van der Waals surface area contributed by atoms with E-state index in [1.807, 2.05) is 65.8 Å². The van der Waals surface area contributed by atoms with Gasteiger partial charge in [-0.2, -0.15) is 0 Å². The van der Waals surface area contributed by atoms with E-state index in [-0.39, 0.29) is 23.6 Å². The number of amides is 2. The molecule has 1 heterocycles. The van der Waals surface area contributed by atoms with Gasteiger partial charge >= 0.3 is 12.0 Å². The lowest BCUT2D eigenvalue weighted by molar-refractivity contribution is -0.143. The first-order valence-corrected chi connectivity index (χ1v) is 12.3. The second-order valence-corrected chi connectivity index (χ2v) is 9.88. The van der Waals surface area contributed by atoms with Crippen LogP contribution in [-0.2, 0) is 9.53 Å². The van der Waals surface area contributed by atoms with E-state index >= 15 is 0 Å². The van der Waals surface area contributed by atoms with E-state index in [4.69, 9.17) is 14.5 Å². The van der Waals surface area contributed by atoms with Gasteiger partial charge in [0, 0.05) is 18.2 Å². The predicted molar refractivity (Wildman–Crippen MR) is 132 cm³/mol. The summed E-state index contributed by atoms with van der Waals surface area (Å²) in [6.45, 7) is 13.0. The smallest absolute Gasteiger partial charge is 0.331 e. The number of aliphatic imine (C=N–C) groups is 1. The van der Waals surface area contributed by atoms with Crippen molar-refractivity contribution in [1.82, 2.24) is 4.90 Å². The molecule has 0 saturated carbocycles. The first kappa shape index (κ1) is 26.0. The number of hydrogen-bond donors (Lipinski definition) is 0. The average Bonchev–Trinajstić information content (AvgIpc) is 2.70. The number of rotatable bonds is 10. The Morgan fingerprint density at radius 2 is 1.84 bits per heavy atom. The molecule has 0 unspecified atom stereocenters. The predicted octanol–water partition coefficient (Wildman–Crippen LogP) is 5.68. The summed E-state index contributed by atoms with van der Waals surface area (Å²) in [6, 6.07) is 7.58. The molecule has 0 spiro atoms. The molecule has 178 valence electrons. The van der Waals surface area contributed by atoms with Crippen LogP contribution in [0.25, 0.3) is 0 Å². The number of ether oxygens (including phenoxy) is 2. The van der Waals surface area contributed by atoms with Crippen molar-refractivity contribution in [1.29, 1.82) is 0 Å². The van der Waals surface area contributed by atoms with Crippen molar-refractivity contribution in [3.63, 3.8) is 0 Å². The molecule has 0 radical (unpaired) electrons. The molecule has 0 aromatic heterocycles. The lowest BCUT2D eigenvalue weighted by Crippen LogP contribution is -2.53. The largest absolute Gasteiger partial charge is 0.494 e. The van der Waals surface area contributed by atoms with Gasteiger partial charge in [-0.25, -0.2) is 4.79 Å². The highest BCUT2D eigenvalue weighted by Crippen LogP contribution is 2.30. The first-order valence-electron chi connectivity index (χ1n) is 11.3. The summed E-state index contributed by atoms with van der Waals surface area (Å²) >= 11 is 1.58. The molecule has 1 fully saturated rings. The maximum atomic E-state index is 13.2. The van der Waals surface area contributed by atoms with Gasteiger partial charge in [-0.05, 0) is 85.1 Å². The number of benzene rings is 1. The molecule has 1 aromatic carbocycles. The van der Waals surface area contributed by atoms with Crippen molar-refractivity contribution >= 4 is 34.6 Å². The molecule has 1 aliphatic heterocycles. The molecule has 0 bridgehead atoms. The number of anilines is 1. The van der Waals surface area contributed by atoms with Crippen LogP contribution in [0.2, 0.25) is 0 Å². The van der Waals surface area contributed by atoms with Crippen molar-refractivity contribution in [2.75, 3.05) is 24.0 Å². The molecule has 0 atom stereocenters. The van der Waals surface area contributed by atoms with E-state index in [1.54, 1.807) is 21.6 Å². The van der Waals surface area contributed by atoms with Crippen molar-refractivity contribution in [3.8, 4) is 5.75 Å². The number of carbonyl (C=O) groups excluding carboxylic acids is 2. The van der Waals surface area contributed by atoms with Gasteiger partial charge in [0.05, 0.1) is 24.6 Å².